The maximum absolute atomic E-state index is 9.31. The van der Waals surface area contributed by atoms with Gasteiger partial charge in [0.05, 0.1) is 6.10 Å². The molecule has 0 saturated heterocycles. The van der Waals surface area contributed by atoms with E-state index in [9.17, 15) is 5.11 Å². The Kier molecular flexibility index (Phi) is 1.12. The Morgan fingerprint density at radius 3 is 2.89 bits per heavy atom. The van der Waals surface area contributed by atoms with Gasteiger partial charge >= 0.3 is 0 Å². The van der Waals surface area contributed by atoms with Crippen LogP contribution in [0.4, 0.5) is 0 Å². The van der Waals surface area contributed by atoms with Crippen LogP contribution in [0.1, 0.15) is 19.3 Å². The Morgan fingerprint density at radius 2 is 2.11 bits per heavy atom. The van der Waals surface area contributed by atoms with Crippen LogP contribution >= 0.6 is 0 Å². The summed E-state index contributed by atoms with van der Waals surface area (Å²) >= 11 is 0. The van der Waals surface area contributed by atoms with E-state index in [1.165, 1.54) is 19.3 Å². The summed E-state index contributed by atoms with van der Waals surface area (Å²) in [7, 11) is 0. The fourth-order valence-corrected chi connectivity index (χ4v) is 1.97. The fraction of sp³-hybridized carbons (Fsp3) is 0.750. The van der Waals surface area contributed by atoms with Gasteiger partial charge in [-0.3, -0.25) is 0 Å². The molecule has 0 aromatic carbocycles. The predicted molar refractivity (Wildman–Crippen MR) is 36.0 cm³/mol. The van der Waals surface area contributed by atoms with E-state index in [1.807, 2.05) is 6.08 Å². The fourth-order valence-electron chi connectivity index (χ4n) is 1.97. The van der Waals surface area contributed by atoms with Crippen molar-refractivity contribution in [2.75, 3.05) is 0 Å². The second-order valence-electron chi connectivity index (χ2n) is 3.21. The number of hydrogen-bond acceptors (Lipinski definition) is 1. The summed E-state index contributed by atoms with van der Waals surface area (Å²) in [5.74, 6) is 1.40. The lowest BCUT2D eigenvalue weighted by molar-refractivity contribution is 0.149. The van der Waals surface area contributed by atoms with E-state index < -0.39 is 0 Å². The average molecular weight is 124 g/mol. The van der Waals surface area contributed by atoms with Crippen LogP contribution in [0.25, 0.3) is 0 Å². The van der Waals surface area contributed by atoms with Crippen molar-refractivity contribution in [3.8, 4) is 0 Å². The second-order valence-corrected chi connectivity index (χ2v) is 3.21. The number of aliphatic hydroxyl groups is 1. The highest BCUT2D eigenvalue weighted by molar-refractivity contribution is 5.05. The molecule has 0 radical (unpaired) electrons. The molecule has 0 aliphatic heterocycles. The molecule has 0 aromatic heterocycles. The lowest BCUT2D eigenvalue weighted by atomic mass is 9.93. The van der Waals surface area contributed by atoms with Crippen LogP contribution in [-0.2, 0) is 0 Å². The molecule has 1 saturated carbocycles. The lowest BCUT2D eigenvalue weighted by Crippen LogP contribution is -2.17. The predicted octanol–water partition coefficient (Wildman–Crippen LogP) is 1.33. The normalized spacial score (nSPS) is 47.9. The number of allylic oxidation sites excluding steroid dienone is 1. The minimum atomic E-state index is -0.122. The van der Waals surface area contributed by atoms with Gasteiger partial charge in [-0.1, -0.05) is 12.2 Å². The first-order chi connectivity index (χ1) is 4.36. The van der Waals surface area contributed by atoms with Crippen molar-refractivity contribution in [2.45, 2.75) is 25.4 Å². The Morgan fingerprint density at radius 1 is 1.22 bits per heavy atom. The van der Waals surface area contributed by atoms with Crippen molar-refractivity contribution in [3.05, 3.63) is 12.2 Å². The molecule has 2 aliphatic rings. The van der Waals surface area contributed by atoms with Crippen LogP contribution in [0.3, 0.4) is 0 Å². The summed E-state index contributed by atoms with van der Waals surface area (Å²) in [6.07, 6.45) is 7.79. The smallest absolute Gasteiger partial charge is 0.0749 e. The highest BCUT2D eigenvalue weighted by Gasteiger charge is 2.30. The van der Waals surface area contributed by atoms with E-state index in [4.69, 9.17) is 0 Å². The van der Waals surface area contributed by atoms with Crippen LogP contribution in [0.2, 0.25) is 0 Å². The standard InChI is InChI=1S/C8H12O/c9-8-4-2-6-1-3-7(8)5-6/h2,4,6-9H,1,3,5H2/t6?,7?,8-/m0/s1. The quantitative estimate of drug-likeness (QED) is 0.483. The number of rotatable bonds is 0. The van der Waals surface area contributed by atoms with Crippen LogP contribution in [-0.4, -0.2) is 11.2 Å². The van der Waals surface area contributed by atoms with E-state index in [0.29, 0.717) is 5.92 Å². The van der Waals surface area contributed by atoms with E-state index >= 15 is 0 Å². The molecule has 0 spiro atoms. The van der Waals surface area contributed by atoms with Gasteiger partial charge in [0.1, 0.15) is 0 Å². The summed E-state index contributed by atoms with van der Waals surface area (Å²) in [4.78, 5) is 0. The Hall–Kier alpha value is -0.300. The van der Waals surface area contributed by atoms with E-state index in [-0.39, 0.29) is 6.10 Å². The summed E-state index contributed by atoms with van der Waals surface area (Å²) in [5.41, 5.74) is 0. The van der Waals surface area contributed by atoms with Gasteiger partial charge in [0.2, 0.25) is 0 Å². The van der Waals surface area contributed by atoms with Gasteiger partial charge < -0.3 is 5.11 Å². The van der Waals surface area contributed by atoms with Crippen molar-refractivity contribution >= 4 is 0 Å². The molecule has 2 bridgehead atoms. The van der Waals surface area contributed by atoms with Crippen LogP contribution < -0.4 is 0 Å². The molecule has 1 heteroatoms. The third-order valence-corrected chi connectivity index (χ3v) is 2.58. The Bertz CT molecular complexity index is 140. The molecule has 50 valence electrons. The Balaban J connectivity index is 2.19. The van der Waals surface area contributed by atoms with Crippen LogP contribution in [0, 0.1) is 11.8 Å². The zero-order valence-corrected chi connectivity index (χ0v) is 5.46. The van der Waals surface area contributed by atoms with Gasteiger partial charge in [-0.2, -0.15) is 0 Å². The molecule has 9 heavy (non-hydrogen) atoms. The van der Waals surface area contributed by atoms with Gasteiger partial charge in [0.25, 0.3) is 0 Å². The van der Waals surface area contributed by atoms with E-state index in [2.05, 4.69) is 6.08 Å². The van der Waals surface area contributed by atoms with Crippen molar-refractivity contribution in [2.24, 2.45) is 11.8 Å². The minimum Gasteiger partial charge on any atom is -0.389 e. The number of aliphatic hydroxyl groups excluding tert-OH is 1. The molecule has 1 N–H and O–H groups in total. The molecule has 1 fully saturated rings. The maximum atomic E-state index is 9.31. The largest absolute Gasteiger partial charge is 0.389 e. The van der Waals surface area contributed by atoms with Gasteiger partial charge in [0.15, 0.2) is 0 Å². The minimum absolute atomic E-state index is 0.122. The topological polar surface area (TPSA) is 20.2 Å². The lowest BCUT2D eigenvalue weighted by Gasteiger charge is -2.17. The van der Waals surface area contributed by atoms with Gasteiger partial charge in [-0.25, -0.2) is 0 Å². The summed E-state index contributed by atoms with van der Waals surface area (Å²) in [6, 6.07) is 0. The third-order valence-electron chi connectivity index (χ3n) is 2.58. The molecular formula is C8H12O. The maximum Gasteiger partial charge on any atom is 0.0749 e. The summed E-state index contributed by atoms with van der Waals surface area (Å²) < 4.78 is 0. The summed E-state index contributed by atoms with van der Waals surface area (Å²) in [6.45, 7) is 0. The number of fused-ring (bicyclic) bond motifs is 2. The van der Waals surface area contributed by atoms with E-state index in [0.717, 1.165) is 5.92 Å². The highest BCUT2D eigenvalue weighted by atomic mass is 16.3. The second kappa shape index (κ2) is 1.84. The first kappa shape index (κ1) is 5.48. The first-order valence-electron chi connectivity index (χ1n) is 3.72. The molecule has 0 amide bonds. The van der Waals surface area contributed by atoms with Gasteiger partial charge in [0, 0.05) is 0 Å². The highest BCUT2D eigenvalue weighted by Crippen LogP contribution is 2.37. The monoisotopic (exact) mass is 124 g/mol. The molecular weight excluding hydrogens is 112 g/mol. The van der Waals surface area contributed by atoms with Crippen molar-refractivity contribution < 1.29 is 5.11 Å². The van der Waals surface area contributed by atoms with Gasteiger partial charge in [-0.05, 0) is 31.1 Å². The molecule has 2 aliphatic carbocycles. The van der Waals surface area contributed by atoms with Crippen molar-refractivity contribution in [1.82, 2.24) is 0 Å². The Labute approximate surface area is 55.4 Å². The van der Waals surface area contributed by atoms with Crippen LogP contribution in [0.15, 0.2) is 12.2 Å². The zero-order valence-electron chi connectivity index (χ0n) is 5.46. The molecule has 0 heterocycles. The number of hydrogen-bond donors (Lipinski definition) is 1. The van der Waals surface area contributed by atoms with Crippen molar-refractivity contribution in [3.63, 3.8) is 0 Å². The summed E-state index contributed by atoms with van der Waals surface area (Å²) in [5, 5.41) is 9.31. The molecule has 2 rings (SSSR count). The SMILES string of the molecule is O[C@H]1C=CC2CCC1C2. The van der Waals surface area contributed by atoms with E-state index in [1.54, 1.807) is 0 Å². The molecule has 2 unspecified atom stereocenters. The first-order valence-corrected chi connectivity index (χ1v) is 3.72. The van der Waals surface area contributed by atoms with Gasteiger partial charge in [-0.15, -0.1) is 0 Å². The molecule has 3 atom stereocenters. The third kappa shape index (κ3) is 0.799. The molecule has 0 aromatic rings. The molecule has 1 nitrogen and oxygen atoms in total. The zero-order chi connectivity index (χ0) is 6.27. The van der Waals surface area contributed by atoms with Crippen molar-refractivity contribution in [1.29, 1.82) is 0 Å². The van der Waals surface area contributed by atoms with Crippen LogP contribution in [0.5, 0.6) is 0 Å². The average Bonchev–Trinajstić information content (AvgIpc) is 2.25.